The van der Waals surface area contributed by atoms with Gasteiger partial charge in [-0.3, -0.25) is 0 Å². The van der Waals surface area contributed by atoms with Gasteiger partial charge in [0.1, 0.15) is 0 Å². The van der Waals surface area contributed by atoms with Gasteiger partial charge in [-0.15, -0.1) is 0 Å². The molecule has 0 fully saturated rings. The van der Waals surface area contributed by atoms with E-state index in [1.165, 1.54) is 0 Å². The van der Waals surface area contributed by atoms with Crippen LogP contribution < -0.4 is 0 Å². The normalized spacial score (nSPS) is 9.78. The first-order valence-corrected chi connectivity index (χ1v) is 4.43. The van der Waals surface area contributed by atoms with Crippen LogP contribution in [-0.2, 0) is 4.12 Å². The van der Waals surface area contributed by atoms with Crippen molar-refractivity contribution in [2.24, 2.45) is 9.56 Å². The Morgan fingerprint density at radius 1 is 1.11 bits per heavy atom. The van der Waals surface area contributed by atoms with Gasteiger partial charge in [0.2, 0.25) is 19.8 Å². The summed E-state index contributed by atoms with van der Waals surface area (Å²) in [6, 6.07) is 0. The van der Waals surface area contributed by atoms with E-state index in [1.807, 2.05) is 0 Å². The topological polar surface area (TPSA) is 107 Å². The van der Waals surface area contributed by atoms with E-state index in [9.17, 15) is 0 Å². The summed E-state index contributed by atoms with van der Waals surface area (Å²) in [6.45, 7) is 0. The molecule has 0 bridgehead atoms. The summed E-state index contributed by atoms with van der Waals surface area (Å²) in [7, 11) is -2.21. The minimum absolute atomic E-state index is 1.10. The van der Waals surface area contributed by atoms with Crippen LogP contribution in [0.3, 0.4) is 0 Å². The lowest BCUT2D eigenvalue weighted by Gasteiger charge is -1.86. The Kier molecular flexibility index (Phi) is 6.25. The Labute approximate surface area is 55.3 Å². The van der Waals surface area contributed by atoms with E-state index in [4.69, 9.17) is 15.2 Å². The molecule has 0 aromatic heterocycles. The van der Waals surface area contributed by atoms with Crippen LogP contribution in [0.1, 0.15) is 0 Å². The molecule has 0 aromatic rings. The first-order valence-electron chi connectivity index (χ1n) is 2.01. The van der Waals surface area contributed by atoms with Gasteiger partial charge in [0, 0.05) is 0 Å². The maximum Gasteiger partial charge on any atom is 0.245 e. The predicted molar refractivity (Wildman–Crippen MR) is 36.5 cm³/mol. The maximum atomic E-state index is 7.75. The van der Waals surface area contributed by atoms with E-state index in [2.05, 4.69) is 19.4 Å². The molecule has 48 valence electrons. The van der Waals surface area contributed by atoms with Gasteiger partial charge in [-0.25, -0.2) is 0 Å². The summed E-state index contributed by atoms with van der Waals surface area (Å²) in [6.07, 6.45) is 0. The fourth-order valence-electron chi connectivity index (χ4n) is 0.174. The van der Waals surface area contributed by atoms with E-state index >= 15 is 0 Å². The van der Waals surface area contributed by atoms with Gasteiger partial charge >= 0.3 is 0 Å². The molecule has 0 saturated carbocycles. The lowest BCUT2D eigenvalue weighted by molar-refractivity contribution is 0.640. The van der Waals surface area contributed by atoms with E-state index in [0.717, 1.165) is 0 Å². The maximum absolute atomic E-state index is 7.75. The highest BCUT2D eigenvalue weighted by atomic mass is 28.3. The van der Waals surface area contributed by atoms with Crippen molar-refractivity contribution in [1.82, 2.24) is 0 Å². The number of azide groups is 2. The van der Waals surface area contributed by atoms with Crippen LogP contribution in [0.25, 0.3) is 20.9 Å². The van der Waals surface area contributed by atoms with Crippen molar-refractivity contribution in [2.45, 2.75) is 0 Å². The highest BCUT2D eigenvalue weighted by molar-refractivity contribution is 6.40. The predicted octanol–water partition coefficient (Wildman–Crippen LogP) is -0.379. The van der Waals surface area contributed by atoms with Crippen LogP contribution in [0, 0.1) is 0 Å². The van der Waals surface area contributed by atoms with Crippen LogP contribution in [0.5, 0.6) is 0 Å². The van der Waals surface area contributed by atoms with Crippen molar-refractivity contribution >= 4 is 19.8 Å². The molecular formula is H4N6OSi2. The van der Waals surface area contributed by atoms with Crippen molar-refractivity contribution in [3.63, 3.8) is 0 Å². The van der Waals surface area contributed by atoms with Crippen molar-refractivity contribution < 1.29 is 4.12 Å². The standard InChI is InChI=1S/H4N6OSi2/c1-3-5-8-7-9-6-4-2/h8-9H2. The zero-order valence-electron chi connectivity index (χ0n) is 4.51. The zero-order valence-corrected chi connectivity index (χ0v) is 7.33. The van der Waals surface area contributed by atoms with Gasteiger partial charge in [-0.05, 0) is 20.9 Å². The Hall–Kier alpha value is -0.986. The van der Waals surface area contributed by atoms with Gasteiger partial charge in [0.05, 0.1) is 0 Å². The van der Waals surface area contributed by atoms with Gasteiger partial charge < -0.3 is 4.12 Å². The third-order valence-corrected chi connectivity index (χ3v) is 2.37. The molecule has 0 unspecified atom stereocenters. The van der Waals surface area contributed by atoms with E-state index in [0.29, 0.717) is 0 Å². The molecule has 9 heteroatoms. The molecule has 0 atom stereocenters. The average molecular weight is 160 g/mol. The molecule has 0 spiro atoms. The van der Waals surface area contributed by atoms with Gasteiger partial charge in [0.25, 0.3) is 0 Å². The van der Waals surface area contributed by atoms with Crippen LogP contribution >= 0.6 is 0 Å². The van der Waals surface area contributed by atoms with Crippen LogP contribution in [0.4, 0.5) is 0 Å². The van der Waals surface area contributed by atoms with Crippen LogP contribution in [0.2, 0.25) is 0 Å². The molecule has 0 aromatic carbocycles. The largest absolute Gasteiger partial charge is 0.457 e. The highest BCUT2D eigenvalue weighted by Crippen LogP contribution is 1.71. The molecule has 0 rings (SSSR count). The summed E-state index contributed by atoms with van der Waals surface area (Å²) in [5, 5.41) is 0. The molecule has 9 heavy (non-hydrogen) atoms. The third kappa shape index (κ3) is 7.01. The van der Waals surface area contributed by atoms with Crippen molar-refractivity contribution in [3.05, 3.63) is 20.9 Å². The Morgan fingerprint density at radius 3 is 1.89 bits per heavy atom. The summed E-state index contributed by atoms with van der Waals surface area (Å²) in [4.78, 5) is 4.96. The number of rotatable bonds is 4. The molecule has 0 heterocycles. The van der Waals surface area contributed by atoms with Crippen LogP contribution in [-0.4, -0.2) is 19.8 Å². The van der Waals surface area contributed by atoms with Crippen LogP contribution in [0.15, 0.2) is 9.56 Å². The molecule has 0 radical (unpaired) electrons. The van der Waals surface area contributed by atoms with Gasteiger partial charge in [0.15, 0.2) is 0 Å². The second-order valence-corrected chi connectivity index (χ2v) is 3.64. The van der Waals surface area contributed by atoms with Crippen molar-refractivity contribution in [2.75, 3.05) is 0 Å². The molecule has 0 aliphatic carbocycles. The first-order chi connectivity index (χ1) is 4.41. The smallest absolute Gasteiger partial charge is 0.245 e. The van der Waals surface area contributed by atoms with E-state index < -0.39 is 19.8 Å². The number of nitrogens with zero attached hydrogens (tertiary/aromatic N) is 6. The van der Waals surface area contributed by atoms with Crippen molar-refractivity contribution in [3.8, 4) is 0 Å². The second-order valence-electron chi connectivity index (χ2n) is 0.924. The third-order valence-electron chi connectivity index (χ3n) is 0.425. The fraction of sp³-hybridized carbons (Fsp3) is 0. The van der Waals surface area contributed by atoms with E-state index in [1.54, 1.807) is 0 Å². The zero-order chi connectivity index (χ0) is 6.95. The molecule has 0 aliphatic heterocycles. The minimum Gasteiger partial charge on any atom is -0.457 e. The molecular weight excluding hydrogens is 156 g/mol. The molecule has 0 saturated heterocycles. The summed E-state index contributed by atoms with van der Waals surface area (Å²) >= 11 is 0. The first kappa shape index (κ1) is 8.01. The van der Waals surface area contributed by atoms with Gasteiger partial charge in [-0.2, -0.15) is 0 Å². The lowest BCUT2D eigenvalue weighted by Crippen LogP contribution is -1.96. The summed E-state index contributed by atoms with van der Waals surface area (Å²) in [5.41, 5.74) is 15.5. The molecule has 7 nitrogen and oxygen atoms in total. The van der Waals surface area contributed by atoms with Crippen molar-refractivity contribution in [1.29, 1.82) is 0 Å². The Bertz CT molecular complexity index is 134. The summed E-state index contributed by atoms with van der Waals surface area (Å²) < 4.78 is 11.1. The quantitative estimate of drug-likeness (QED) is 0.180. The Morgan fingerprint density at radius 2 is 1.56 bits per heavy atom. The fourth-order valence-corrected chi connectivity index (χ4v) is 1.26. The SMILES string of the molecule is [N-]=[N+]=N[SiH2]O[SiH2]N=[N+]=[N-]. The molecule has 0 aliphatic rings. The summed E-state index contributed by atoms with van der Waals surface area (Å²) in [5.74, 6) is 0. The monoisotopic (exact) mass is 160 g/mol. The highest BCUT2D eigenvalue weighted by Gasteiger charge is 1.79. The number of hydrogen-bond donors (Lipinski definition) is 0. The second kappa shape index (κ2) is 7.01. The minimum atomic E-state index is -1.10. The average Bonchev–Trinajstić information content (AvgIpc) is 1.89. The molecule has 0 N–H and O–H groups in total. The number of hydrogen-bond acceptors (Lipinski definition) is 3. The Balaban J connectivity index is 3.09. The van der Waals surface area contributed by atoms with Gasteiger partial charge in [-0.1, -0.05) is 9.56 Å². The molecule has 0 amide bonds. The lowest BCUT2D eigenvalue weighted by atomic mass is 13.0. The van der Waals surface area contributed by atoms with E-state index in [-0.39, 0.29) is 0 Å².